The van der Waals surface area contributed by atoms with Crippen molar-refractivity contribution in [2.45, 2.75) is 39.5 Å². The van der Waals surface area contributed by atoms with Crippen LogP contribution in [0.3, 0.4) is 0 Å². The van der Waals surface area contributed by atoms with E-state index in [4.69, 9.17) is 9.51 Å². The number of pyridine rings is 2. The Morgan fingerprint density at radius 3 is 2.61 bits per heavy atom. The molecule has 1 aliphatic rings. The molecule has 0 radical (unpaired) electrons. The SMILES string of the molecule is Cc1ccc(C(=O)N2CCCC(c3ccc(-c4c(C)noc4C)cn3)C2)cn1. The quantitative estimate of drug-likeness (QED) is 0.689. The molecule has 4 heterocycles. The Kier molecular flexibility index (Phi) is 4.94. The van der Waals surface area contributed by atoms with Crippen LogP contribution in [0.5, 0.6) is 0 Å². The van der Waals surface area contributed by atoms with Gasteiger partial charge in [-0.15, -0.1) is 0 Å². The van der Waals surface area contributed by atoms with E-state index < -0.39 is 0 Å². The molecule has 1 atom stereocenters. The highest BCUT2D eigenvalue weighted by molar-refractivity contribution is 5.94. The van der Waals surface area contributed by atoms with E-state index in [2.05, 4.69) is 22.3 Å². The van der Waals surface area contributed by atoms with Crippen molar-refractivity contribution in [2.75, 3.05) is 13.1 Å². The minimum absolute atomic E-state index is 0.0459. The largest absolute Gasteiger partial charge is 0.361 e. The molecule has 0 bridgehead atoms. The van der Waals surface area contributed by atoms with Crippen molar-refractivity contribution < 1.29 is 9.32 Å². The molecule has 0 spiro atoms. The summed E-state index contributed by atoms with van der Waals surface area (Å²) in [6, 6.07) is 7.86. The first-order valence-electron chi connectivity index (χ1n) is 9.64. The predicted octanol–water partition coefficient (Wildman–Crippen LogP) is 4.08. The summed E-state index contributed by atoms with van der Waals surface area (Å²) in [7, 11) is 0. The normalized spacial score (nSPS) is 17.0. The van der Waals surface area contributed by atoms with Gasteiger partial charge in [0.05, 0.1) is 11.3 Å². The highest BCUT2D eigenvalue weighted by atomic mass is 16.5. The van der Waals surface area contributed by atoms with Gasteiger partial charge in [0.25, 0.3) is 5.91 Å². The third-order valence-corrected chi connectivity index (χ3v) is 5.39. The summed E-state index contributed by atoms with van der Waals surface area (Å²) < 4.78 is 5.26. The number of carbonyl (C=O) groups excluding carboxylic acids is 1. The fraction of sp³-hybridized carbons (Fsp3) is 0.364. The lowest BCUT2D eigenvalue weighted by Gasteiger charge is -2.32. The first kappa shape index (κ1) is 18.3. The van der Waals surface area contributed by atoms with Gasteiger partial charge in [0.2, 0.25) is 0 Å². The molecule has 0 N–H and O–H groups in total. The third kappa shape index (κ3) is 3.54. The van der Waals surface area contributed by atoms with Gasteiger partial charge >= 0.3 is 0 Å². The second-order valence-electron chi connectivity index (χ2n) is 7.45. The monoisotopic (exact) mass is 376 g/mol. The zero-order valence-corrected chi connectivity index (χ0v) is 16.5. The molecule has 1 amide bonds. The van der Waals surface area contributed by atoms with E-state index in [0.29, 0.717) is 12.1 Å². The van der Waals surface area contributed by atoms with Crippen LogP contribution in [0.15, 0.2) is 41.2 Å². The van der Waals surface area contributed by atoms with E-state index in [9.17, 15) is 4.79 Å². The number of likely N-dealkylation sites (tertiary alicyclic amines) is 1. The van der Waals surface area contributed by atoms with Crippen LogP contribution < -0.4 is 0 Å². The number of aromatic nitrogens is 3. The highest BCUT2D eigenvalue weighted by Gasteiger charge is 2.26. The van der Waals surface area contributed by atoms with Crippen LogP contribution in [-0.4, -0.2) is 39.0 Å². The summed E-state index contributed by atoms with van der Waals surface area (Å²) in [5.41, 5.74) is 5.47. The Morgan fingerprint density at radius 1 is 1.11 bits per heavy atom. The first-order valence-corrected chi connectivity index (χ1v) is 9.64. The van der Waals surface area contributed by atoms with Crippen LogP contribution in [0.2, 0.25) is 0 Å². The average Bonchev–Trinajstić information content (AvgIpc) is 3.06. The maximum absolute atomic E-state index is 12.8. The van der Waals surface area contributed by atoms with Crippen molar-refractivity contribution in [3.05, 3.63) is 65.1 Å². The molecule has 3 aromatic rings. The van der Waals surface area contributed by atoms with Gasteiger partial charge in [0.1, 0.15) is 5.76 Å². The number of hydrogen-bond acceptors (Lipinski definition) is 5. The number of aryl methyl sites for hydroxylation is 3. The van der Waals surface area contributed by atoms with E-state index in [1.165, 1.54) is 0 Å². The molecule has 144 valence electrons. The van der Waals surface area contributed by atoms with Gasteiger partial charge in [-0.2, -0.15) is 0 Å². The molecule has 0 aliphatic carbocycles. The Morgan fingerprint density at radius 2 is 1.96 bits per heavy atom. The maximum atomic E-state index is 12.8. The lowest BCUT2D eigenvalue weighted by molar-refractivity contribution is 0.0705. The molecule has 0 saturated carbocycles. The van der Waals surface area contributed by atoms with Gasteiger partial charge in [-0.1, -0.05) is 11.2 Å². The molecule has 1 fully saturated rings. The molecule has 3 aromatic heterocycles. The topological polar surface area (TPSA) is 72.1 Å². The fourth-order valence-corrected chi connectivity index (χ4v) is 3.87. The van der Waals surface area contributed by atoms with Crippen LogP contribution in [-0.2, 0) is 0 Å². The maximum Gasteiger partial charge on any atom is 0.255 e. The van der Waals surface area contributed by atoms with Crippen molar-refractivity contribution in [3.8, 4) is 11.1 Å². The number of amides is 1. The van der Waals surface area contributed by atoms with Crippen LogP contribution in [0, 0.1) is 20.8 Å². The molecule has 6 heteroatoms. The van der Waals surface area contributed by atoms with Crippen LogP contribution >= 0.6 is 0 Å². The van der Waals surface area contributed by atoms with Crippen molar-refractivity contribution in [2.24, 2.45) is 0 Å². The zero-order valence-electron chi connectivity index (χ0n) is 16.5. The summed E-state index contributed by atoms with van der Waals surface area (Å²) in [4.78, 5) is 23.7. The van der Waals surface area contributed by atoms with Crippen molar-refractivity contribution in [1.29, 1.82) is 0 Å². The Hall–Kier alpha value is -3.02. The summed E-state index contributed by atoms with van der Waals surface area (Å²) in [5.74, 6) is 1.09. The number of piperidine rings is 1. The average molecular weight is 376 g/mol. The van der Waals surface area contributed by atoms with Gasteiger partial charge in [-0.25, -0.2) is 0 Å². The molecule has 0 aromatic carbocycles. The van der Waals surface area contributed by atoms with Gasteiger partial charge in [-0.3, -0.25) is 14.8 Å². The molecule has 28 heavy (non-hydrogen) atoms. The zero-order chi connectivity index (χ0) is 19.7. The summed E-state index contributed by atoms with van der Waals surface area (Å²) in [5, 5.41) is 4.02. The second-order valence-corrected chi connectivity index (χ2v) is 7.45. The van der Waals surface area contributed by atoms with Crippen LogP contribution in [0.1, 0.15) is 52.0 Å². The summed E-state index contributed by atoms with van der Waals surface area (Å²) >= 11 is 0. The smallest absolute Gasteiger partial charge is 0.255 e. The Bertz CT molecular complexity index is 957. The van der Waals surface area contributed by atoms with E-state index in [-0.39, 0.29) is 11.8 Å². The Labute approximate surface area is 164 Å². The molecule has 1 unspecified atom stereocenters. The number of carbonyl (C=O) groups is 1. The fourth-order valence-electron chi connectivity index (χ4n) is 3.87. The van der Waals surface area contributed by atoms with E-state index >= 15 is 0 Å². The molecule has 1 saturated heterocycles. The summed E-state index contributed by atoms with van der Waals surface area (Å²) in [6.07, 6.45) is 5.56. The van der Waals surface area contributed by atoms with Gasteiger partial charge in [0, 0.05) is 53.9 Å². The molecule has 6 nitrogen and oxygen atoms in total. The van der Waals surface area contributed by atoms with Crippen LogP contribution in [0.4, 0.5) is 0 Å². The number of hydrogen-bond donors (Lipinski definition) is 0. The third-order valence-electron chi connectivity index (χ3n) is 5.39. The number of nitrogens with zero attached hydrogens (tertiary/aromatic N) is 4. The van der Waals surface area contributed by atoms with E-state index in [1.54, 1.807) is 6.20 Å². The van der Waals surface area contributed by atoms with E-state index in [0.717, 1.165) is 53.4 Å². The van der Waals surface area contributed by atoms with Crippen LogP contribution in [0.25, 0.3) is 11.1 Å². The van der Waals surface area contributed by atoms with Crippen molar-refractivity contribution in [3.63, 3.8) is 0 Å². The molecule has 4 rings (SSSR count). The second kappa shape index (κ2) is 7.54. The van der Waals surface area contributed by atoms with E-state index in [1.807, 2.05) is 44.0 Å². The first-order chi connectivity index (χ1) is 13.5. The van der Waals surface area contributed by atoms with Gasteiger partial charge in [-0.05, 0) is 51.8 Å². The lowest BCUT2D eigenvalue weighted by Crippen LogP contribution is -2.39. The molecule has 1 aliphatic heterocycles. The minimum atomic E-state index is 0.0459. The predicted molar refractivity (Wildman–Crippen MR) is 106 cm³/mol. The minimum Gasteiger partial charge on any atom is -0.361 e. The van der Waals surface area contributed by atoms with Gasteiger partial charge < -0.3 is 9.42 Å². The number of rotatable bonds is 3. The van der Waals surface area contributed by atoms with Gasteiger partial charge in [0.15, 0.2) is 0 Å². The lowest BCUT2D eigenvalue weighted by atomic mass is 9.93. The molecular formula is C22H24N4O2. The Balaban J connectivity index is 1.50. The standard InChI is InChI=1S/C22H24N4O2/c1-14-6-7-18(12-23-14)22(27)26-10-4-5-19(13-26)20-9-8-17(11-24-20)21-15(2)25-28-16(21)3/h6-9,11-12,19H,4-5,10,13H2,1-3H3. The summed E-state index contributed by atoms with van der Waals surface area (Å²) in [6.45, 7) is 7.23. The van der Waals surface area contributed by atoms with Crippen molar-refractivity contribution >= 4 is 5.91 Å². The van der Waals surface area contributed by atoms with Crippen molar-refractivity contribution in [1.82, 2.24) is 20.0 Å². The molecular weight excluding hydrogens is 352 g/mol. The highest BCUT2D eigenvalue weighted by Crippen LogP contribution is 2.30.